The second-order valence-corrected chi connectivity index (χ2v) is 10.6. The normalized spacial score (nSPS) is 28.3. The van der Waals surface area contributed by atoms with Gasteiger partial charge in [-0.3, -0.25) is 14.5 Å². The number of amides is 2. The van der Waals surface area contributed by atoms with Crippen LogP contribution in [0.15, 0.2) is 66.2 Å². The average Bonchev–Trinajstić information content (AvgIpc) is 3.63. The van der Waals surface area contributed by atoms with Gasteiger partial charge in [-0.25, -0.2) is 4.90 Å². The number of nitrogens with zero attached hydrogens (tertiary/aromatic N) is 2. The SMILES string of the molecule is CC(C1=CC(c2ccccc2)C2C(=O)N(c3ccc(C(F)(F)F)cc3)C(=O)C2C12CC2)N1CCOCC1. The summed E-state index contributed by atoms with van der Waals surface area (Å²) in [6.45, 7) is 5.12. The molecule has 4 aliphatic rings. The van der Waals surface area contributed by atoms with Gasteiger partial charge in [-0.15, -0.1) is 0 Å². The molecule has 1 saturated carbocycles. The van der Waals surface area contributed by atoms with Crippen molar-refractivity contribution in [2.45, 2.75) is 37.9 Å². The van der Waals surface area contributed by atoms with E-state index in [1.54, 1.807) is 0 Å². The highest BCUT2D eigenvalue weighted by atomic mass is 19.4. The van der Waals surface area contributed by atoms with Crippen molar-refractivity contribution in [2.75, 3.05) is 31.2 Å². The van der Waals surface area contributed by atoms with Crippen molar-refractivity contribution in [3.63, 3.8) is 0 Å². The summed E-state index contributed by atoms with van der Waals surface area (Å²) in [6.07, 6.45) is -0.604. The maximum atomic E-state index is 14.0. The topological polar surface area (TPSA) is 49.9 Å². The lowest BCUT2D eigenvalue weighted by Gasteiger charge is -2.43. The van der Waals surface area contributed by atoms with Crippen LogP contribution in [0.1, 0.15) is 36.8 Å². The molecule has 2 saturated heterocycles. The van der Waals surface area contributed by atoms with Gasteiger partial charge in [-0.1, -0.05) is 36.4 Å². The summed E-state index contributed by atoms with van der Waals surface area (Å²) >= 11 is 0. The highest BCUT2D eigenvalue weighted by Crippen LogP contribution is 2.67. The number of hydrogen-bond acceptors (Lipinski definition) is 4. The van der Waals surface area contributed by atoms with E-state index in [2.05, 4.69) is 17.9 Å². The molecule has 2 heterocycles. The first kappa shape index (κ1) is 24.4. The molecule has 2 aromatic carbocycles. The van der Waals surface area contributed by atoms with Gasteiger partial charge in [0, 0.05) is 30.5 Å². The van der Waals surface area contributed by atoms with Gasteiger partial charge in [0.2, 0.25) is 11.8 Å². The van der Waals surface area contributed by atoms with E-state index in [-0.39, 0.29) is 34.9 Å². The highest BCUT2D eigenvalue weighted by molar-refractivity contribution is 6.23. The van der Waals surface area contributed by atoms with Gasteiger partial charge in [0.1, 0.15) is 0 Å². The van der Waals surface area contributed by atoms with Crippen molar-refractivity contribution in [2.24, 2.45) is 17.3 Å². The number of morpholine rings is 1. The quantitative estimate of drug-likeness (QED) is 0.428. The summed E-state index contributed by atoms with van der Waals surface area (Å²) in [5.41, 5.74) is 1.18. The molecule has 0 bridgehead atoms. The first-order valence-electron chi connectivity index (χ1n) is 12.9. The molecular formula is C29H29F3N2O3. The molecule has 0 N–H and O–H groups in total. The van der Waals surface area contributed by atoms with Gasteiger partial charge < -0.3 is 4.74 Å². The van der Waals surface area contributed by atoms with Gasteiger partial charge in [0.25, 0.3) is 0 Å². The minimum absolute atomic E-state index is 0.0987. The van der Waals surface area contributed by atoms with Crippen LogP contribution in [0.2, 0.25) is 0 Å². The van der Waals surface area contributed by atoms with Crippen LogP contribution in [0.5, 0.6) is 0 Å². The Kier molecular flexibility index (Phi) is 5.80. The Hall–Kier alpha value is -2.97. The fourth-order valence-electron chi connectivity index (χ4n) is 6.76. The molecule has 8 heteroatoms. The summed E-state index contributed by atoms with van der Waals surface area (Å²) in [6, 6.07) is 14.2. The van der Waals surface area contributed by atoms with E-state index in [0.717, 1.165) is 48.5 Å². The molecule has 3 fully saturated rings. The molecule has 4 unspecified atom stereocenters. The molecule has 4 atom stereocenters. The van der Waals surface area contributed by atoms with Crippen LogP contribution in [-0.2, 0) is 20.5 Å². The number of carbonyl (C=O) groups excluding carboxylic acids is 2. The van der Waals surface area contributed by atoms with Crippen molar-refractivity contribution in [1.82, 2.24) is 4.90 Å². The predicted molar refractivity (Wildman–Crippen MR) is 132 cm³/mol. The van der Waals surface area contributed by atoms with Crippen LogP contribution in [0, 0.1) is 17.3 Å². The number of hydrogen-bond donors (Lipinski definition) is 0. The zero-order valence-corrected chi connectivity index (χ0v) is 20.6. The molecule has 2 aliphatic heterocycles. The zero-order chi connectivity index (χ0) is 25.9. The van der Waals surface area contributed by atoms with E-state index < -0.39 is 23.6 Å². The van der Waals surface area contributed by atoms with E-state index in [0.29, 0.717) is 13.2 Å². The Morgan fingerprint density at radius 1 is 0.946 bits per heavy atom. The number of ether oxygens (including phenoxy) is 1. The van der Waals surface area contributed by atoms with Crippen molar-refractivity contribution < 1.29 is 27.5 Å². The molecule has 0 radical (unpaired) electrons. The lowest BCUT2D eigenvalue weighted by atomic mass is 9.63. The third-order valence-corrected chi connectivity index (χ3v) is 8.74. The largest absolute Gasteiger partial charge is 0.416 e. The third-order valence-electron chi connectivity index (χ3n) is 8.74. The van der Waals surface area contributed by atoms with E-state index >= 15 is 0 Å². The maximum Gasteiger partial charge on any atom is 0.416 e. The van der Waals surface area contributed by atoms with Gasteiger partial charge in [0.15, 0.2) is 0 Å². The standard InChI is InChI=1S/C29H29F3N2O3/c1-18(33-13-15-37-16-14-33)23-17-22(19-5-3-2-4-6-19)24-25(28(23)11-12-28)27(36)34(26(24)35)21-9-7-20(8-10-21)29(30,31)32/h2-10,17-18,22,24-25H,11-16H2,1H3. The molecular weight excluding hydrogens is 481 g/mol. The molecule has 6 rings (SSSR count). The minimum atomic E-state index is -4.49. The lowest BCUT2D eigenvalue weighted by molar-refractivity contribution is -0.137. The van der Waals surface area contributed by atoms with Gasteiger partial charge in [-0.2, -0.15) is 13.2 Å². The fourth-order valence-corrected chi connectivity index (χ4v) is 6.76. The van der Waals surface area contributed by atoms with E-state index in [1.165, 1.54) is 17.7 Å². The number of benzene rings is 2. The molecule has 37 heavy (non-hydrogen) atoms. The van der Waals surface area contributed by atoms with Gasteiger partial charge >= 0.3 is 6.18 Å². The summed E-state index contributed by atoms with van der Waals surface area (Å²) < 4.78 is 45.0. The van der Waals surface area contributed by atoms with Crippen molar-refractivity contribution >= 4 is 17.5 Å². The van der Waals surface area contributed by atoms with Gasteiger partial charge in [0.05, 0.1) is 36.3 Å². The summed E-state index contributed by atoms with van der Waals surface area (Å²) in [4.78, 5) is 31.5. The molecule has 1 spiro atoms. The fraction of sp³-hybridized carbons (Fsp3) is 0.448. The van der Waals surface area contributed by atoms with Crippen molar-refractivity contribution in [3.05, 3.63) is 77.4 Å². The summed E-state index contributed by atoms with van der Waals surface area (Å²) in [5, 5.41) is 0. The molecule has 2 aliphatic carbocycles. The summed E-state index contributed by atoms with van der Waals surface area (Å²) in [7, 11) is 0. The number of carbonyl (C=O) groups is 2. The Balaban J connectivity index is 1.42. The average molecular weight is 511 g/mol. The zero-order valence-electron chi connectivity index (χ0n) is 20.6. The molecule has 194 valence electrons. The Labute approximate surface area is 213 Å². The Morgan fingerprint density at radius 2 is 1.59 bits per heavy atom. The molecule has 5 nitrogen and oxygen atoms in total. The number of alkyl halides is 3. The number of imide groups is 1. The van der Waals surface area contributed by atoms with Crippen LogP contribution < -0.4 is 4.90 Å². The molecule has 2 amide bonds. The third kappa shape index (κ3) is 3.92. The second-order valence-electron chi connectivity index (χ2n) is 10.6. The van der Waals surface area contributed by atoms with Crippen molar-refractivity contribution in [3.8, 4) is 0 Å². The summed E-state index contributed by atoms with van der Waals surface area (Å²) in [5.74, 6) is -2.03. The number of allylic oxidation sites excluding steroid dienone is 1. The van der Waals surface area contributed by atoms with E-state index in [1.807, 2.05) is 30.3 Å². The molecule has 2 aromatic rings. The Bertz CT molecular complexity index is 1230. The predicted octanol–water partition coefficient (Wildman–Crippen LogP) is 5.04. The number of fused-ring (bicyclic) bond motifs is 2. The van der Waals surface area contributed by atoms with Gasteiger partial charge in [-0.05, 0) is 55.2 Å². The second kappa shape index (κ2) is 8.81. The maximum absolute atomic E-state index is 14.0. The van der Waals surface area contributed by atoms with E-state index in [4.69, 9.17) is 4.74 Å². The van der Waals surface area contributed by atoms with Crippen LogP contribution in [-0.4, -0.2) is 49.1 Å². The van der Waals surface area contributed by atoms with Crippen LogP contribution >= 0.6 is 0 Å². The monoisotopic (exact) mass is 510 g/mol. The first-order chi connectivity index (χ1) is 17.7. The van der Waals surface area contributed by atoms with Crippen molar-refractivity contribution in [1.29, 1.82) is 0 Å². The van der Waals surface area contributed by atoms with E-state index in [9.17, 15) is 22.8 Å². The lowest BCUT2D eigenvalue weighted by Crippen LogP contribution is -2.47. The van der Waals surface area contributed by atoms with Crippen LogP contribution in [0.4, 0.5) is 18.9 Å². The number of rotatable bonds is 4. The number of anilines is 1. The van der Waals surface area contributed by atoms with Crippen LogP contribution in [0.3, 0.4) is 0 Å². The highest BCUT2D eigenvalue weighted by Gasteiger charge is 2.68. The van der Waals surface area contributed by atoms with Crippen LogP contribution in [0.25, 0.3) is 0 Å². The molecule has 0 aromatic heterocycles. The number of halogens is 3. The smallest absolute Gasteiger partial charge is 0.379 e. The first-order valence-corrected chi connectivity index (χ1v) is 12.9. The Morgan fingerprint density at radius 3 is 2.19 bits per heavy atom. The minimum Gasteiger partial charge on any atom is -0.379 e.